The van der Waals surface area contributed by atoms with Crippen LogP contribution in [-0.4, -0.2) is 13.0 Å². The summed E-state index contributed by atoms with van der Waals surface area (Å²) in [4.78, 5) is 10.5. The minimum atomic E-state index is 0. The maximum atomic E-state index is 10.5. The Labute approximate surface area is 56.4 Å². The maximum absolute atomic E-state index is 10.5. The number of hydrogen-bond acceptors (Lipinski definition) is 2. The van der Waals surface area contributed by atoms with Gasteiger partial charge < -0.3 is 11.5 Å². The van der Waals surface area contributed by atoms with E-state index < -0.39 is 0 Å². The topological polar surface area (TPSA) is 64.1 Å². The molecular formula is C6H16N2O. The first-order valence-corrected chi connectivity index (χ1v) is 3.01. The number of hydrogen-bond donors (Lipinski definition) is 2. The lowest BCUT2D eigenvalue weighted by atomic mass is 10.2. The molecule has 0 heterocycles. The van der Waals surface area contributed by atoms with Crippen molar-refractivity contribution in [3.63, 3.8) is 0 Å². The lowest BCUT2D eigenvalue weighted by molar-refractivity contribution is -0.120. The Hall–Kier alpha value is -0.570. The molecule has 0 atom stereocenters. The maximum Gasteiger partial charge on any atom is 0.219 e. The van der Waals surface area contributed by atoms with Crippen LogP contribution in [0.2, 0.25) is 0 Å². The van der Waals surface area contributed by atoms with Gasteiger partial charge in [-0.1, -0.05) is 13.3 Å². The van der Waals surface area contributed by atoms with Crippen molar-refractivity contribution in [1.82, 2.24) is 11.5 Å². The summed E-state index contributed by atoms with van der Waals surface area (Å²) in [6.07, 6.45) is 2.76. The minimum Gasteiger partial charge on any atom is -0.359 e. The molecule has 0 rings (SSSR count). The third-order valence-electron chi connectivity index (χ3n) is 1.04. The van der Waals surface area contributed by atoms with Gasteiger partial charge >= 0.3 is 0 Å². The van der Waals surface area contributed by atoms with Gasteiger partial charge in [-0.2, -0.15) is 0 Å². The SMILES string of the molecule is CCCCC(=O)NC.N. The third-order valence-corrected chi connectivity index (χ3v) is 1.04. The highest BCUT2D eigenvalue weighted by atomic mass is 16.1. The van der Waals surface area contributed by atoms with E-state index in [1.165, 1.54) is 0 Å². The highest BCUT2D eigenvalue weighted by Gasteiger charge is 1.92. The van der Waals surface area contributed by atoms with E-state index in [2.05, 4.69) is 12.2 Å². The van der Waals surface area contributed by atoms with Crippen molar-refractivity contribution in [2.45, 2.75) is 26.2 Å². The van der Waals surface area contributed by atoms with Crippen LogP contribution in [0.5, 0.6) is 0 Å². The van der Waals surface area contributed by atoms with Gasteiger partial charge in [0.05, 0.1) is 0 Å². The minimum absolute atomic E-state index is 0. The molecule has 0 aromatic heterocycles. The van der Waals surface area contributed by atoms with E-state index in [9.17, 15) is 4.79 Å². The molecule has 0 fully saturated rings. The Balaban J connectivity index is 0. The van der Waals surface area contributed by atoms with Gasteiger partial charge in [-0.25, -0.2) is 0 Å². The second-order valence-electron chi connectivity index (χ2n) is 1.78. The van der Waals surface area contributed by atoms with E-state index in [-0.39, 0.29) is 12.1 Å². The average molecular weight is 132 g/mol. The molecule has 0 saturated carbocycles. The van der Waals surface area contributed by atoms with Crippen molar-refractivity contribution in [2.24, 2.45) is 0 Å². The van der Waals surface area contributed by atoms with Gasteiger partial charge in [0.1, 0.15) is 0 Å². The van der Waals surface area contributed by atoms with E-state index in [1.807, 2.05) is 0 Å². The third kappa shape index (κ3) is 7.43. The lowest BCUT2D eigenvalue weighted by Gasteiger charge is -1.94. The molecule has 56 valence electrons. The van der Waals surface area contributed by atoms with E-state index in [1.54, 1.807) is 7.05 Å². The summed E-state index contributed by atoms with van der Waals surface area (Å²) in [5.74, 6) is 0.145. The van der Waals surface area contributed by atoms with Gasteiger partial charge in [0.15, 0.2) is 0 Å². The fourth-order valence-electron chi connectivity index (χ4n) is 0.462. The van der Waals surface area contributed by atoms with Gasteiger partial charge in [0.25, 0.3) is 0 Å². The molecule has 0 unspecified atom stereocenters. The summed E-state index contributed by atoms with van der Waals surface area (Å²) in [5.41, 5.74) is 0. The van der Waals surface area contributed by atoms with Crippen molar-refractivity contribution in [1.29, 1.82) is 0 Å². The Kier molecular flexibility index (Phi) is 9.29. The van der Waals surface area contributed by atoms with E-state index in [4.69, 9.17) is 0 Å². The molecule has 1 amide bonds. The lowest BCUT2D eigenvalue weighted by Crippen LogP contribution is -2.16. The Morgan fingerprint density at radius 2 is 2.11 bits per heavy atom. The van der Waals surface area contributed by atoms with Crippen LogP contribution in [0.15, 0.2) is 0 Å². The summed E-state index contributed by atoms with van der Waals surface area (Å²) in [7, 11) is 1.66. The molecule has 3 heteroatoms. The van der Waals surface area contributed by atoms with E-state index in [0.29, 0.717) is 6.42 Å². The highest BCUT2D eigenvalue weighted by Crippen LogP contribution is 1.91. The fraction of sp³-hybridized carbons (Fsp3) is 0.833. The smallest absolute Gasteiger partial charge is 0.219 e. The quantitative estimate of drug-likeness (QED) is 0.603. The molecule has 0 aliphatic carbocycles. The molecule has 0 aromatic rings. The van der Waals surface area contributed by atoms with Crippen molar-refractivity contribution >= 4 is 5.91 Å². The molecule has 0 aromatic carbocycles. The molecule has 0 radical (unpaired) electrons. The van der Waals surface area contributed by atoms with Crippen molar-refractivity contribution in [3.8, 4) is 0 Å². The molecule has 0 aliphatic rings. The zero-order chi connectivity index (χ0) is 6.41. The van der Waals surface area contributed by atoms with Gasteiger partial charge in [-0.3, -0.25) is 4.79 Å². The normalized spacial score (nSPS) is 7.78. The monoisotopic (exact) mass is 132 g/mol. The van der Waals surface area contributed by atoms with Crippen LogP contribution >= 0.6 is 0 Å². The zero-order valence-corrected chi connectivity index (χ0v) is 6.24. The molecule has 0 saturated heterocycles. The Bertz CT molecular complexity index is 73.5. The number of carbonyl (C=O) groups excluding carboxylic acids is 1. The summed E-state index contributed by atoms with van der Waals surface area (Å²) in [6.45, 7) is 2.07. The summed E-state index contributed by atoms with van der Waals surface area (Å²) < 4.78 is 0. The van der Waals surface area contributed by atoms with Crippen LogP contribution < -0.4 is 11.5 Å². The number of rotatable bonds is 3. The van der Waals surface area contributed by atoms with Crippen LogP contribution in [0, 0.1) is 0 Å². The van der Waals surface area contributed by atoms with Gasteiger partial charge in [0, 0.05) is 13.5 Å². The first-order chi connectivity index (χ1) is 3.81. The summed E-state index contributed by atoms with van der Waals surface area (Å²) in [6, 6.07) is 0. The molecule has 3 nitrogen and oxygen atoms in total. The van der Waals surface area contributed by atoms with E-state index in [0.717, 1.165) is 12.8 Å². The number of carbonyl (C=O) groups is 1. The first-order valence-electron chi connectivity index (χ1n) is 3.01. The van der Waals surface area contributed by atoms with Crippen LogP contribution in [0.3, 0.4) is 0 Å². The van der Waals surface area contributed by atoms with Crippen LogP contribution in [0.25, 0.3) is 0 Å². The number of amides is 1. The standard InChI is InChI=1S/C6H13NO.H3N/c1-3-4-5-6(8)7-2;/h3-5H2,1-2H3,(H,7,8);1H3. The van der Waals surface area contributed by atoms with Gasteiger partial charge in [-0.15, -0.1) is 0 Å². The molecule has 0 bridgehead atoms. The van der Waals surface area contributed by atoms with Crippen LogP contribution in [0.1, 0.15) is 26.2 Å². The van der Waals surface area contributed by atoms with Crippen LogP contribution in [0.4, 0.5) is 0 Å². The predicted molar refractivity (Wildman–Crippen MR) is 38.6 cm³/mol. The van der Waals surface area contributed by atoms with Gasteiger partial charge in [0.2, 0.25) is 5.91 Å². The highest BCUT2D eigenvalue weighted by molar-refractivity contribution is 5.75. The molecular weight excluding hydrogens is 116 g/mol. The molecule has 4 N–H and O–H groups in total. The Morgan fingerprint density at radius 3 is 2.44 bits per heavy atom. The molecule has 0 aliphatic heterocycles. The number of nitrogens with one attached hydrogen (secondary N) is 1. The van der Waals surface area contributed by atoms with Gasteiger partial charge in [-0.05, 0) is 6.42 Å². The van der Waals surface area contributed by atoms with Crippen LogP contribution in [-0.2, 0) is 4.79 Å². The van der Waals surface area contributed by atoms with E-state index >= 15 is 0 Å². The predicted octanol–water partition coefficient (Wildman–Crippen LogP) is 1.08. The van der Waals surface area contributed by atoms with Crippen molar-refractivity contribution in [3.05, 3.63) is 0 Å². The van der Waals surface area contributed by atoms with Crippen molar-refractivity contribution in [2.75, 3.05) is 7.05 Å². The summed E-state index contributed by atoms with van der Waals surface area (Å²) >= 11 is 0. The largest absolute Gasteiger partial charge is 0.359 e. The fourth-order valence-corrected chi connectivity index (χ4v) is 0.462. The zero-order valence-electron chi connectivity index (χ0n) is 6.24. The summed E-state index contributed by atoms with van der Waals surface area (Å²) in [5, 5.41) is 2.56. The Morgan fingerprint density at radius 1 is 1.56 bits per heavy atom. The molecule has 0 spiro atoms. The van der Waals surface area contributed by atoms with Crippen molar-refractivity contribution < 1.29 is 4.79 Å². The first kappa shape index (κ1) is 11.3. The average Bonchev–Trinajstić information content (AvgIpc) is 1.83. The number of unbranched alkanes of at least 4 members (excludes halogenated alkanes) is 1. The second kappa shape index (κ2) is 7.43. The second-order valence-corrected chi connectivity index (χ2v) is 1.78. The molecule has 9 heavy (non-hydrogen) atoms.